The third kappa shape index (κ3) is 3.81. The van der Waals surface area contributed by atoms with E-state index in [0.29, 0.717) is 29.0 Å². The van der Waals surface area contributed by atoms with Gasteiger partial charge in [-0.1, -0.05) is 12.1 Å². The Morgan fingerprint density at radius 1 is 0.969 bits per heavy atom. The van der Waals surface area contributed by atoms with Crippen LogP contribution in [0.15, 0.2) is 67.1 Å². The summed E-state index contributed by atoms with van der Waals surface area (Å²) in [6.45, 7) is 0.483. The monoisotopic (exact) mass is 431 g/mol. The first-order chi connectivity index (χ1) is 15.6. The van der Waals surface area contributed by atoms with E-state index in [1.807, 2.05) is 28.8 Å². The molecule has 0 aliphatic rings. The van der Waals surface area contributed by atoms with Gasteiger partial charge in [-0.25, -0.2) is 18.7 Å². The number of hydrogen-bond donors (Lipinski definition) is 1. The molecule has 6 nitrogen and oxygen atoms in total. The zero-order valence-corrected chi connectivity index (χ0v) is 17.2. The van der Waals surface area contributed by atoms with E-state index in [2.05, 4.69) is 31.3 Å². The largest absolute Gasteiger partial charge is 0.311 e. The summed E-state index contributed by atoms with van der Waals surface area (Å²) in [6, 6.07) is 16.1. The molecule has 3 aromatic heterocycles. The molecule has 160 valence electrons. The van der Waals surface area contributed by atoms with E-state index in [-0.39, 0.29) is 12.1 Å². The van der Waals surface area contributed by atoms with E-state index in [0.717, 1.165) is 16.5 Å². The van der Waals surface area contributed by atoms with Crippen LogP contribution < -0.4 is 5.48 Å². The lowest BCUT2D eigenvalue weighted by Crippen LogP contribution is -2.13. The number of pyridine rings is 2. The van der Waals surface area contributed by atoms with Crippen molar-refractivity contribution in [3.8, 4) is 11.3 Å². The molecule has 0 fully saturated rings. The molecule has 5 aromatic rings. The van der Waals surface area contributed by atoms with Crippen molar-refractivity contribution < 1.29 is 13.6 Å². The van der Waals surface area contributed by atoms with Gasteiger partial charge in [0.25, 0.3) is 0 Å². The molecule has 3 heterocycles. The average Bonchev–Trinajstić information content (AvgIpc) is 3.20. The highest BCUT2D eigenvalue weighted by molar-refractivity contribution is 5.79. The van der Waals surface area contributed by atoms with Gasteiger partial charge in [0.1, 0.15) is 17.2 Å². The number of aromatic nitrogens is 4. The molecular formula is C24H19F2N5O. The second-order valence-electron chi connectivity index (χ2n) is 7.39. The minimum atomic E-state index is -0.662. The van der Waals surface area contributed by atoms with Gasteiger partial charge in [-0.2, -0.15) is 5.48 Å². The number of hydrogen-bond acceptors (Lipinski definition) is 5. The number of hydroxylamine groups is 1. The van der Waals surface area contributed by atoms with Crippen LogP contribution in [0.25, 0.3) is 33.3 Å². The summed E-state index contributed by atoms with van der Waals surface area (Å²) < 4.78 is 30.9. The number of nitrogens with one attached hydrogen (secondary N) is 1. The Bertz CT molecular complexity index is 1410. The minimum absolute atomic E-state index is 0.0744. The lowest BCUT2D eigenvalue weighted by atomic mass is 10.1. The summed E-state index contributed by atoms with van der Waals surface area (Å²) >= 11 is 0. The van der Waals surface area contributed by atoms with E-state index in [4.69, 9.17) is 0 Å². The van der Waals surface area contributed by atoms with E-state index < -0.39 is 11.6 Å². The van der Waals surface area contributed by atoms with Gasteiger partial charge in [-0.15, -0.1) is 0 Å². The zero-order chi connectivity index (χ0) is 22.1. The van der Waals surface area contributed by atoms with Gasteiger partial charge in [0.15, 0.2) is 5.65 Å². The normalized spacial score (nSPS) is 11.5. The summed E-state index contributed by atoms with van der Waals surface area (Å²) in [5.41, 5.74) is 6.53. The van der Waals surface area contributed by atoms with Crippen LogP contribution in [-0.2, 0) is 17.9 Å². The van der Waals surface area contributed by atoms with Crippen LogP contribution in [0.4, 0.5) is 8.78 Å². The molecule has 8 heteroatoms. The van der Waals surface area contributed by atoms with Gasteiger partial charge in [0, 0.05) is 22.7 Å². The molecule has 0 spiro atoms. The topological polar surface area (TPSA) is 64.9 Å². The van der Waals surface area contributed by atoms with Crippen molar-refractivity contribution in [2.45, 2.75) is 13.1 Å². The molecule has 0 aliphatic carbocycles. The first-order valence-electron chi connectivity index (χ1n) is 10.0. The van der Waals surface area contributed by atoms with Crippen molar-refractivity contribution in [1.29, 1.82) is 0 Å². The van der Waals surface area contributed by atoms with Gasteiger partial charge in [-0.05, 0) is 48.0 Å². The number of fused-ring (bicyclic) bond motifs is 2. The molecule has 2 aromatic carbocycles. The highest BCUT2D eigenvalue weighted by Gasteiger charge is 2.14. The molecule has 0 atom stereocenters. The Kier molecular flexibility index (Phi) is 5.30. The quantitative estimate of drug-likeness (QED) is 0.398. The van der Waals surface area contributed by atoms with Crippen molar-refractivity contribution in [2.75, 3.05) is 7.11 Å². The Hall–Kier alpha value is -3.75. The van der Waals surface area contributed by atoms with Gasteiger partial charge < -0.3 is 9.40 Å². The highest BCUT2D eigenvalue weighted by Crippen LogP contribution is 2.25. The minimum Gasteiger partial charge on any atom is -0.311 e. The number of halogens is 2. The summed E-state index contributed by atoms with van der Waals surface area (Å²) in [5.74, 6) is -1.32. The standard InChI is InChI=1S/C24H19F2N5O/c1-32-29-12-18-19(25)10-17(11-20(18)26)22-6-7-23-24(30-22)31(14-28-23)13-15-4-5-21-16(9-15)3-2-8-27-21/h2-11,14,29H,12-13H2,1H3. The van der Waals surface area contributed by atoms with Crippen LogP contribution in [0.3, 0.4) is 0 Å². The Balaban J connectivity index is 1.50. The van der Waals surface area contributed by atoms with Crippen LogP contribution in [0.1, 0.15) is 11.1 Å². The molecule has 0 radical (unpaired) electrons. The molecule has 5 rings (SSSR count). The molecule has 0 saturated carbocycles. The van der Waals surface area contributed by atoms with Crippen molar-refractivity contribution in [2.24, 2.45) is 0 Å². The number of rotatable bonds is 6. The Morgan fingerprint density at radius 2 is 1.78 bits per heavy atom. The predicted octanol–water partition coefficient (Wildman–Crippen LogP) is 4.62. The molecule has 0 amide bonds. The van der Waals surface area contributed by atoms with E-state index >= 15 is 0 Å². The summed E-state index contributed by atoms with van der Waals surface area (Å²) in [6.07, 6.45) is 3.48. The van der Waals surface area contributed by atoms with E-state index in [1.165, 1.54) is 19.2 Å². The van der Waals surface area contributed by atoms with E-state index in [9.17, 15) is 8.78 Å². The van der Waals surface area contributed by atoms with Crippen molar-refractivity contribution in [3.05, 3.63) is 89.9 Å². The maximum atomic E-state index is 14.5. The second-order valence-corrected chi connectivity index (χ2v) is 7.39. The summed E-state index contributed by atoms with van der Waals surface area (Å²) in [7, 11) is 1.39. The zero-order valence-electron chi connectivity index (χ0n) is 17.2. The predicted molar refractivity (Wildman–Crippen MR) is 118 cm³/mol. The van der Waals surface area contributed by atoms with Gasteiger partial charge in [-0.3, -0.25) is 4.98 Å². The van der Waals surface area contributed by atoms with Gasteiger partial charge >= 0.3 is 0 Å². The molecular weight excluding hydrogens is 412 g/mol. The maximum Gasteiger partial charge on any atom is 0.160 e. The fourth-order valence-corrected chi connectivity index (χ4v) is 3.70. The smallest absolute Gasteiger partial charge is 0.160 e. The molecule has 0 saturated heterocycles. The molecule has 0 bridgehead atoms. The average molecular weight is 431 g/mol. The highest BCUT2D eigenvalue weighted by atomic mass is 19.1. The molecule has 0 unspecified atom stereocenters. The summed E-state index contributed by atoms with van der Waals surface area (Å²) in [4.78, 5) is 18.1. The Labute approximate surface area is 182 Å². The van der Waals surface area contributed by atoms with Crippen molar-refractivity contribution in [1.82, 2.24) is 25.0 Å². The van der Waals surface area contributed by atoms with Crippen LogP contribution in [0.5, 0.6) is 0 Å². The lowest BCUT2D eigenvalue weighted by molar-refractivity contribution is 0.0850. The van der Waals surface area contributed by atoms with Crippen LogP contribution >= 0.6 is 0 Å². The lowest BCUT2D eigenvalue weighted by Gasteiger charge is -2.09. The third-order valence-corrected chi connectivity index (χ3v) is 5.31. The number of imidazole rings is 1. The van der Waals surface area contributed by atoms with Crippen LogP contribution in [-0.4, -0.2) is 26.6 Å². The van der Waals surface area contributed by atoms with Crippen LogP contribution in [0, 0.1) is 11.6 Å². The van der Waals surface area contributed by atoms with Gasteiger partial charge in [0.05, 0.1) is 37.7 Å². The maximum absolute atomic E-state index is 14.5. The molecule has 1 N–H and O–H groups in total. The fraction of sp³-hybridized carbons (Fsp3) is 0.125. The first-order valence-corrected chi connectivity index (χ1v) is 10.0. The van der Waals surface area contributed by atoms with Crippen molar-refractivity contribution >= 4 is 22.1 Å². The fourth-order valence-electron chi connectivity index (χ4n) is 3.70. The van der Waals surface area contributed by atoms with Gasteiger partial charge in [0.2, 0.25) is 0 Å². The van der Waals surface area contributed by atoms with Crippen LogP contribution in [0.2, 0.25) is 0 Å². The second kappa shape index (κ2) is 8.41. The Morgan fingerprint density at radius 3 is 2.59 bits per heavy atom. The summed E-state index contributed by atoms with van der Waals surface area (Å²) in [5, 5.41) is 1.05. The number of benzene rings is 2. The van der Waals surface area contributed by atoms with Crippen molar-refractivity contribution in [3.63, 3.8) is 0 Å². The molecule has 32 heavy (non-hydrogen) atoms. The SMILES string of the molecule is CONCc1c(F)cc(-c2ccc3ncn(Cc4ccc5ncccc5c4)c3n2)cc1F. The number of nitrogens with zero attached hydrogens (tertiary/aromatic N) is 4. The molecule has 0 aliphatic heterocycles. The third-order valence-electron chi connectivity index (χ3n) is 5.31. The first kappa shape index (κ1) is 20.2. The van der Waals surface area contributed by atoms with E-state index in [1.54, 1.807) is 24.7 Å².